The Bertz CT molecular complexity index is 485. The van der Waals surface area contributed by atoms with Gasteiger partial charge in [0, 0.05) is 19.1 Å². The summed E-state index contributed by atoms with van der Waals surface area (Å²) in [6.45, 7) is 6.59. The van der Waals surface area contributed by atoms with Gasteiger partial charge in [-0.25, -0.2) is 0 Å². The minimum absolute atomic E-state index is 0.139. The van der Waals surface area contributed by atoms with E-state index in [-0.39, 0.29) is 5.91 Å². The highest BCUT2D eigenvalue weighted by Gasteiger charge is 2.30. The summed E-state index contributed by atoms with van der Waals surface area (Å²) in [5, 5.41) is 3.49. The molecule has 1 atom stereocenters. The highest BCUT2D eigenvalue weighted by atomic mass is 16.3. The first-order valence-electron chi connectivity index (χ1n) is 7.73. The minimum atomic E-state index is 0.139. The molecular formula is C16H24N2O2. The molecule has 4 heteroatoms. The van der Waals surface area contributed by atoms with Crippen LogP contribution < -0.4 is 5.32 Å². The van der Waals surface area contributed by atoms with Gasteiger partial charge in [0.05, 0.1) is 5.56 Å². The molecule has 1 amide bonds. The van der Waals surface area contributed by atoms with E-state index < -0.39 is 0 Å². The molecule has 4 nitrogen and oxygen atoms in total. The summed E-state index contributed by atoms with van der Waals surface area (Å²) >= 11 is 0. The van der Waals surface area contributed by atoms with E-state index in [1.807, 2.05) is 24.8 Å². The van der Waals surface area contributed by atoms with Crippen LogP contribution in [0, 0.1) is 19.8 Å². The number of carbonyl (C=O) groups is 1. The van der Waals surface area contributed by atoms with E-state index in [2.05, 4.69) is 5.32 Å². The van der Waals surface area contributed by atoms with Gasteiger partial charge < -0.3 is 14.6 Å². The second-order valence-corrected chi connectivity index (χ2v) is 6.27. The van der Waals surface area contributed by atoms with Gasteiger partial charge in [-0.3, -0.25) is 4.79 Å². The average molecular weight is 276 g/mol. The summed E-state index contributed by atoms with van der Waals surface area (Å²) in [5.74, 6) is 2.41. The SMILES string of the molecule is Cc1cc(C(=O)N(CC2CC2)CC2CCCN2)c(C)o1. The van der Waals surface area contributed by atoms with Gasteiger partial charge in [-0.1, -0.05) is 0 Å². The molecule has 20 heavy (non-hydrogen) atoms. The van der Waals surface area contributed by atoms with Crippen molar-refractivity contribution in [2.24, 2.45) is 5.92 Å². The fraction of sp³-hybridized carbons (Fsp3) is 0.688. The van der Waals surface area contributed by atoms with E-state index in [1.165, 1.54) is 25.7 Å². The first kappa shape index (κ1) is 13.7. The van der Waals surface area contributed by atoms with Crippen molar-refractivity contribution in [3.63, 3.8) is 0 Å². The Morgan fingerprint density at radius 2 is 2.15 bits per heavy atom. The van der Waals surface area contributed by atoms with Crippen LogP contribution >= 0.6 is 0 Å². The van der Waals surface area contributed by atoms with Crippen molar-refractivity contribution in [1.82, 2.24) is 10.2 Å². The van der Waals surface area contributed by atoms with Crippen LogP contribution in [0.4, 0.5) is 0 Å². The molecule has 0 aromatic carbocycles. The molecule has 0 radical (unpaired) electrons. The number of hydrogen-bond acceptors (Lipinski definition) is 3. The number of nitrogens with zero attached hydrogens (tertiary/aromatic N) is 1. The highest BCUT2D eigenvalue weighted by molar-refractivity contribution is 5.95. The summed E-state index contributed by atoms with van der Waals surface area (Å²) < 4.78 is 5.51. The summed E-state index contributed by atoms with van der Waals surface area (Å²) in [7, 11) is 0. The molecule has 1 aromatic rings. The third-order valence-corrected chi connectivity index (χ3v) is 4.34. The molecular weight excluding hydrogens is 252 g/mol. The van der Waals surface area contributed by atoms with Gasteiger partial charge in [-0.2, -0.15) is 0 Å². The zero-order chi connectivity index (χ0) is 14.1. The minimum Gasteiger partial charge on any atom is -0.466 e. The number of furan rings is 1. The van der Waals surface area contributed by atoms with Crippen LogP contribution in [-0.2, 0) is 0 Å². The highest BCUT2D eigenvalue weighted by Crippen LogP contribution is 2.31. The smallest absolute Gasteiger partial charge is 0.257 e. The van der Waals surface area contributed by atoms with E-state index in [0.29, 0.717) is 12.0 Å². The fourth-order valence-corrected chi connectivity index (χ4v) is 3.04. The summed E-state index contributed by atoms with van der Waals surface area (Å²) in [6.07, 6.45) is 4.94. The lowest BCUT2D eigenvalue weighted by molar-refractivity contribution is 0.0732. The summed E-state index contributed by atoms with van der Waals surface area (Å²) in [4.78, 5) is 14.8. The van der Waals surface area contributed by atoms with Gasteiger partial charge in [0.25, 0.3) is 5.91 Å². The maximum Gasteiger partial charge on any atom is 0.257 e. The van der Waals surface area contributed by atoms with Gasteiger partial charge in [-0.05, 0) is 58.1 Å². The maximum absolute atomic E-state index is 12.8. The molecule has 1 saturated carbocycles. The molecule has 110 valence electrons. The molecule has 1 aliphatic carbocycles. The van der Waals surface area contributed by atoms with E-state index in [1.54, 1.807) is 0 Å². The topological polar surface area (TPSA) is 45.5 Å². The lowest BCUT2D eigenvalue weighted by Gasteiger charge is -2.25. The number of rotatable bonds is 5. The van der Waals surface area contributed by atoms with Crippen LogP contribution in [0.15, 0.2) is 10.5 Å². The Morgan fingerprint density at radius 3 is 2.70 bits per heavy atom. The Kier molecular flexibility index (Phi) is 3.83. The quantitative estimate of drug-likeness (QED) is 0.898. The third-order valence-electron chi connectivity index (χ3n) is 4.34. The maximum atomic E-state index is 12.8. The Hall–Kier alpha value is -1.29. The van der Waals surface area contributed by atoms with Crippen LogP contribution in [0.3, 0.4) is 0 Å². The van der Waals surface area contributed by atoms with Crippen LogP contribution in [0.2, 0.25) is 0 Å². The molecule has 0 spiro atoms. The second-order valence-electron chi connectivity index (χ2n) is 6.27. The molecule has 2 aliphatic rings. The van der Waals surface area contributed by atoms with Gasteiger partial charge >= 0.3 is 0 Å². The molecule has 2 fully saturated rings. The lowest BCUT2D eigenvalue weighted by Crippen LogP contribution is -2.42. The summed E-state index contributed by atoms with van der Waals surface area (Å²) in [5.41, 5.74) is 0.737. The van der Waals surface area contributed by atoms with E-state index in [9.17, 15) is 4.79 Å². The lowest BCUT2D eigenvalue weighted by atomic mass is 10.1. The first-order valence-corrected chi connectivity index (χ1v) is 7.73. The van der Waals surface area contributed by atoms with Crippen molar-refractivity contribution in [3.05, 3.63) is 23.2 Å². The summed E-state index contributed by atoms with van der Waals surface area (Å²) in [6, 6.07) is 2.34. The van der Waals surface area contributed by atoms with Gasteiger partial charge in [-0.15, -0.1) is 0 Å². The number of hydrogen-bond donors (Lipinski definition) is 1. The molecule has 1 aromatic heterocycles. The van der Waals surface area contributed by atoms with Crippen molar-refractivity contribution in [2.75, 3.05) is 19.6 Å². The zero-order valence-electron chi connectivity index (χ0n) is 12.4. The van der Waals surface area contributed by atoms with E-state index in [0.717, 1.165) is 36.7 Å². The molecule has 1 saturated heterocycles. The third kappa shape index (κ3) is 3.06. The number of aryl methyl sites for hydroxylation is 2. The first-order chi connectivity index (χ1) is 9.63. The molecule has 1 unspecified atom stereocenters. The fourth-order valence-electron chi connectivity index (χ4n) is 3.04. The van der Waals surface area contributed by atoms with Gasteiger partial charge in [0.15, 0.2) is 0 Å². The largest absolute Gasteiger partial charge is 0.466 e. The molecule has 0 bridgehead atoms. The van der Waals surface area contributed by atoms with Crippen molar-refractivity contribution < 1.29 is 9.21 Å². The normalized spacial score (nSPS) is 22.2. The van der Waals surface area contributed by atoms with Crippen LogP contribution in [0.5, 0.6) is 0 Å². The van der Waals surface area contributed by atoms with Crippen LogP contribution in [-0.4, -0.2) is 36.5 Å². The Balaban J connectivity index is 1.72. The Labute approximate surface area is 120 Å². The average Bonchev–Trinajstić information content (AvgIpc) is 2.94. The van der Waals surface area contributed by atoms with E-state index in [4.69, 9.17) is 4.42 Å². The van der Waals surface area contributed by atoms with Crippen molar-refractivity contribution in [3.8, 4) is 0 Å². The second kappa shape index (κ2) is 5.60. The number of carbonyl (C=O) groups excluding carboxylic acids is 1. The predicted octanol–water partition coefficient (Wildman–Crippen LogP) is 2.50. The standard InChI is InChI=1S/C16H24N2O2/c1-11-8-15(12(2)20-11)16(19)18(9-13-5-6-13)10-14-4-3-7-17-14/h8,13-14,17H,3-7,9-10H2,1-2H3. The number of amides is 1. The number of nitrogens with one attached hydrogen (secondary N) is 1. The van der Waals surface area contributed by atoms with Gasteiger partial charge in [0.2, 0.25) is 0 Å². The zero-order valence-corrected chi connectivity index (χ0v) is 12.4. The van der Waals surface area contributed by atoms with Crippen molar-refractivity contribution in [1.29, 1.82) is 0 Å². The monoisotopic (exact) mass is 276 g/mol. The van der Waals surface area contributed by atoms with Crippen molar-refractivity contribution >= 4 is 5.91 Å². The van der Waals surface area contributed by atoms with Crippen LogP contribution in [0.25, 0.3) is 0 Å². The van der Waals surface area contributed by atoms with Gasteiger partial charge in [0.1, 0.15) is 11.5 Å². The van der Waals surface area contributed by atoms with E-state index >= 15 is 0 Å². The predicted molar refractivity (Wildman–Crippen MR) is 77.8 cm³/mol. The van der Waals surface area contributed by atoms with Crippen LogP contribution in [0.1, 0.15) is 47.6 Å². The van der Waals surface area contributed by atoms with Crippen molar-refractivity contribution in [2.45, 2.75) is 45.6 Å². The molecule has 1 N–H and O–H groups in total. The molecule has 1 aliphatic heterocycles. The molecule has 3 rings (SSSR count). The Morgan fingerprint density at radius 1 is 1.35 bits per heavy atom. The molecule has 2 heterocycles.